The summed E-state index contributed by atoms with van der Waals surface area (Å²) in [5, 5.41) is 3.08. The topological polar surface area (TPSA) is 18.5 Å². The molecule has 0 fully saturated rings. The van der Waals surface area contributed by atoms with Gasteiger partial charge in [0, 0.05) is 26.7 Å². The summed E-state index contributed by atoms with van der Waals surface area (Å²) in [7, 11) is 3.83. The van der Waals surface area contributed by atoms with Crippen LogP contribution in [0.3, 0.4) is 0 Å². The second-order valence-corrected chi connectivity index (χ2v) is 4.77. The van der Waals surface area contributed by atoms with Gasteiger partial charge >= 0.3 is 0 Å². The van der Waals surface area contributed by atoms with Crippen LogP contribution in [-0.2, 0) is 6.54 Å². The largest absolute Gasteiger partial charge is 0.371 e. The summed E-state index contributed by atoms with van der Waals surface area (Å²) in [6.45, 7) is 8.83. The third kappa shape index (κ3) is 4.80. The number of rotatable bonds is 8. The van der Waals surface area contributed by atoms with E-state index in [1.165, 1.54) is 0 Å². The van der Waals surface area contributed by atoms with E-state index in [-0.39, 0.29) is 5.82 Å². The van der Waals surface area contributed by atoms with Crippen molar-refractivity contribution in [2.24, 2.45) is 0 Å². The van der Waals surface area contributed by atoms with Gasteiger partial charge in [0.15, 0.2) is 0 Å². The Labute approximate surface area is 116 Å². The van der Waals surface area contributed by atoms with E-state index in [0.29, 0.717) is 5.69 Å². The maximum Gasteiger partial charge on any atom is 0.146 e. The molecule has 0 amide bonds. The number of hydrogen-bond donors (Lipinski definition) is 1. The molecule has 19 heavy (non-hydrogen) atoms. The minimum atomic E-state index is -0.151. The molecule has 0 saturated heterocycles. The van der Waals surface area contributed by atoms with E-state index in [0.717, 1.165) is 38.3 Å². The smallest absolute Gasteiger partial charge is 0.146 e. The lowest BCUT2D eigenvalue weighted by Crippen LogP contribution is -2.28. The SMILES string of the molecule is CCN(CC)Cc1ccc(F)c(N(C)CCNC)c1. The van der Waals surface area contributed by atoms with E-state index in [1.807, 2.05) is 31.1 Å². The Morgan fingerprint density at radius 2 is 1.89 bits per heavy atom. The number of anilines is 1. The molecule has 0 bridgehead atoms. The quantitative estimate of drug-likeness (QED) is 0.780. The van der Waals surface area contributed by atoms with Gasteiger partial charge in [-0.25, -0.2) is 4.39 Å². The molecule has 3 nitrogen and oxygen atoms in total. The first-order chi connectivity index (χ1) is 9.12. The number of nitrogens with one attached hydrogen (secondary N) is 1. The third-order valence-electron chi connectivity index (χ3n) is 3.42. The van der Waals surface area contributed by atoms with Crippen molar-refractivity contribution in [1.29, 1.82) is 0 Å². The highest BCUT2D eigenvalue weighted by atomic mass is 19.1. The van der Waals surface area contributed by atoms with Gasteiger partial charge in [0.1, 0.15) is 5.82 Å². The van der Waals surface area contributed by atoms with Gasteiger partial charge in [-0.2, -0.15) is 0 Å². The average Bonchev–Trinajstić information content (AvgIpc) is 2.43. The average molecular weight is 267 g/mol. The normalized spacial score (nSPS) is 11.1. The molecule has 0 atom stereocenters. The van der Waals surface area contributed by atoms with Crippen LogP contribution < -0.4 is 10.2 Å². The molecule has 1 N–H and O–H groups in total. The van der Waals surface area contributed by atoms with Gasteiger partial charge in [0.05, 0.1) is 5.69 Å². The van der Waals surface area contributed by atoms with E-state index in [1.54, 1.807) is 6.07 Å². The Bertz CT molecular complexity index is 378. The molecule has 1 aromatic rings. The molecular weight excluding hydrogens is 241 g/mol. The summed E-state index contributed by atoms with van der Waals surface area (Å²) in [6.07, 6.45) is 0. The summed E-state index contributed by atoms with van der Waals surface area (Å²) in [5.74, 6) is -0.151. The standard InChI is InChI=1S/C15H26FN3/c1-5-19(6-2)12-13-7-8-14(16)15(11-13)18(4)10-9-17-3/h7-8,11,17H,5-6,9-10,12H2,1-4H3. The highest BCUT2D eigenvalue weighted by Gasteiger charge is 2.09. The highest BCUT2D eigenvalue weighted by Crippen LogP contribution is 2.20. The molecule has 108 valence electrons. The second kappa shape index (κ2) is 8.12. The third-order valence-corrected chi connectivity index (χ3v) is 3.42. The first-order valence-corrected chi connectivity index (χ1v) is 6.98. The van der Waals surface area contributed by atoms with Gasteiger partial charge < -0.3 is 10.2 Å². The number of halogens is 1. The van der Waals surface area contributed by atoms with Gasteiger partial charge in [-0.1, -0.05) is 19.9 Å². The van der Waals surface area contributed by atoms with Gasteiger partial charge in [0.25, 0.3) is 0 Å². The summed E-state index contributed by atoms with van der Waals surface area (Å²) in [4.78, 5) is 4.28. The lowest BCUT2D eigenvalue weighted by molar-refractivity contribution is 0.296. The van der Waals surface area contributed by atoms with Crippen LogP contribution in [0.1, 0.15) is 19.4 Å². The number of benzene rings is 1. The maximum absolute atomic E-state index is 13.9. The van der Waals surface area contributed by atoms with Crippen LogP contribution in [-0.4, -0.2) is 45.2 Å². The summed E-state index contributed by atoms with van der Waals surface area (Å²) >= 11 is 0. The van der Waals surface area contributed by atoms with Crippen molar-refractivity contribution in [2.45, 2.75) is 20.4 Å². The molecule has 0 heterocycles. The molecule has 0 unspecified atom stereocenters. The fourth-order valence-corrected chi connectivity index (χ4v) is 2.05. The fourth-order valence-electron chi connectivity index (χ4n) is 2.05. The predicted octanol–water partition coefficient (Wildman–Crippen LogP) is 2.32. The first kappa shape index (κ1) is 15.9. The zero-order chi connectivity index (χ0) is 14.3. The van der Waals surface area contributed by atoms with E-state index < -0.39 is 0 Å². The van der Waals surface area contributed by atoms with Crippen LogP contribution >= 0.6 is 0 Å². The molecule has 0 spiro atoms. The fraction of sp³-hybridized carbons (Fsp3) is 0.600. The molecule has 1 aromatic carbocycles. The van der Waals surface area contributed by atoms with Crippen LogP contribution in [0.2, 0.25) is 0 Å². The van der Waals surface area contributed by atoms with Crippen molar-refractivity contribution in [1.82, 2.24) is 10.2 Å². The summed E-state index contributed by atoms with van der Waals surface area (Å²) in [5.41, 5.74) is 1.84. The Kier molecular flexibility index (Phi) is 6.81. The minimum Gasteiger partial charge on any atom is -0.371 e. The van der Waals surface area contributed by atoms with Crippen molar-refractivity contribution in [2.75, 3.05) is 45.2 Å². The molecule has 0 aliphatic carbocycles. The highest BCUT2D eigenvalue weighted by molar-refractivity contribution is 5.49. The van der Waals surface area contributed by atoms with Crippen LogP contribution in [0.25, 0.3) is 0 Å². The number of likely N-dealkylation sites (N-methyl/N-ethyl adjacent to an activating group) is 2. The molecular formula is C15H26FN3. The predicted molar refractivity (Wildman–Crippen MR) is 80.2 cm³/mol. The molecule has 0 saturated carbocycles. The van der Waals surface area contributed by atoms with E-state index in [2.05, 4.69) is 24.1 Å². The molecule has 1 rings (SSSR count). The van der Waals surface area contributed by atoms with E-state index >= 15 is 0 Å². The Hall–Kier alpha value is -1.13. The van der Waals surface area contributed by atoms with Crippen molar-refractivity contribution in [3.05, 3.63) is 29.6 Å². The number of nitrogens with zero attached hydrogens (tertiary/aromatic N) is 2. The molecule has 0 aliphatic rings. The Morgan fingerprint density at radius 1 is 1.21 bits per heavy atom. The summed E-state index contributed by atoms with van der Waals surface area (Å²) in [6, 6.07) is 5.41. The van der Waals surface area contributed by atoms with Gasteiger partial charge in [-0.15, -0.1) is 0 Å². The van der Waals surface area contributed by atoms with Crippen molar-refractivity contribution in [3.8, 4) is 0 Å². The van der Waals surface area contributed by atoms with E-state index in [4.69, 9.17) is 0 Å². The maximum atomic E-state index is 13.9. The molecule has 4 heteroatoms. The van der Waals surface area contributed by atoms with Gasteiger partial charge in [-0.05, 0) is 37.8 Å². The zero-order valence-electron chi connectivity index (χ0n) is 12.5. The molecule has 0 radical (unpaired) electrons. The molecule has 0 aromatic heterocycles. The Balaban J connectivity index is 2.81. The van der Waals surface area contributed by atoms with Crippen LogP contribution in [0, 0.1) is 5.82 Å². The van der Waals surface area contributed by atoms with Crippen LogP contribution in [0.5, 0.6) is 0 Å². The van der Waals surface area contributed by atoms with Crippen LogP contribution in [0.15, 0.2) is 18.2 Å². The Morgan fingerprint density at radius 3 is 2.47 bits per heavy atom. The zero-order valence-corrected chi connectivity index (χ0v) is 12.5. The minimum absolute atomic E-state index is 0.151. The number of hydrogen-bond acceptors (Lipinski definition) is 3. The van der Waals surface area contributed by atoms with Crippen LogP contribution in [0.4, 0.5) is 10.1 Å². The van der Waals surface area contributed by atoms with Crippen molar-refractivity contribution >= 4 is 5.69 Å². The second-order valence-electron chi connectivity index (χ2n) is 4.77. The first-order valence-electron chi connectivity index (χ1n) is 6.98. The van der Waals surface area contributed by atoms with Crippen molar-refractivity contribution in [3.63, 3.8) is 0 Å². The lowest BCUT2D eigenvalue weighted by Gasteiger charge is -2.22. The summed E-state index contributed by atoms with van der Waals surface area (Å²) < 4.78 is 13.9. The van der Waals surface area contributed by atoms with Gasteiger partial charge in [0.2, 0.25) is 0 Å². The van der Waals surface area contributed by atoms with E-state index in [9.17, 15) is 4.39 Å². The van der Waals surface area contributed by atoms with Crippen molar-refractivity contribution < 1.29 is 4.39 Å². The lowest BCUT2D eigenvalue weighted by atomic mass is 10.1. The molecule has 0 aliphatic heterocycles. The van der Waals surface area contributed by atoms with Gasteiger partial charge in [-0.3, -0.25) is 4.90 Å². The monoisotopic (exact) mass is 267 g/mol.